The van der Waals surface area contributed by atoms with E-state index in [1.54, 1.807) is 0 Å². The summed E-state index contributed by atoms with van der Waals surface area (Å²) in [6.45, 7) is 13.6. The molecule has 0 aliphatic carbocycles. The SMILES string of the molecule is C=C(C)c1cc(C)c(Oc2c(C)cc([N+](=O)[O-])cc2C)c(C)c1. The highest BCUT2D eigenvalue weighted by Gasteiger charge is 2.16. The van der Waals surface area contributed by atoms with E-state index in [1.807, 2.05) is 46.8 Å². The fourth-order valence-corrected chi connectivity index (χ4v) is 2.65. The topological polar surface area (TPSA) is 52.4 Å². The van der Waals surface area contributed by atoms with Crippen molar-refractivity contribution in [1.82, 2.24) is 0 Å². The fourth-order valence-electron chi connectivity index (χ4n) is 2.65. The molecule has 2 rings (SSSR count). The zero-order valence-electron chi connectivity index (χ0n) is 14.2. The van der Waals surface area contributed by atoms with Crippen molar-refractivity contribution in [1.29, 1.82) is 0 Å². The van der Waals surface area contributed by atoms with Gasteiger partial charge in [0.2, 0.25) is 0 Å². The molecule has 2 aromatic carbocycles. The lowest BCUT2D eigenvalue weighted by molar-refractivity contribution is -0.385. The molecule has 0 aromatic heterocycles. The molecule has 0 amide bonds. The van der Waals surface area contributed by atoms with Gasteiger partial charge >= 0.3 is 0 Å². The molecule has 0 N–H and O–H groups in total. The predicted molar refractivity (Wildman–Crippen MR) is 93.3 cm³/mol. The molecule has 0 atom stereocenters. The van der Waals surface area contributed by atoms with Crippen molar-refractivity contribution in [2.75, 3.05) is 0 Å². The van der Waals surface area contributed by atoms with Crippen LogP contribution in [0.25, 0.3) is 5.57 Å². The predicted octanol–water partition coefficient (Wildman–Crippen LogP) is 5.65. The molecule has 0 unspecified atom stereocenters. The first-order chi connectivity index (χ1) is 10.7. The number of nitro benzene ring substituents is 1. The van der Waals surface area contributed by atoms with Gasteiger partial charge in [-0.2, -0.15) is 0 Å². The molecule has 23 heavy (non-hydrogen) atoms. The molecular weight excluding hydrogens is 290 g/mol. The molecule has 0 radical (unpaired) electrons. The minimum atomic E-state index is -0.387. The van der Waals surface area contributed by atoms with E-state index in [2.05, 4.69) is 6.58 Å². The number of ether oxygens (including phenoxy) is 1. The minimum absolute atomic E-state index is 0.0819. The van der Waals surface area contributed by atoms with E-state index in [9.17, 15) is 10.1 Å². The van der Waals surface area contributed by atoms with Crippen LogP contribution in [0.1, 0.15) is 34.7 Å². The van der Waals surface area contributed by atoms with Crippen LogP contribution in [0.2, 0.25) is 0 Å². The van der Waals surface area contributed by atoms with Crippen LogP contribution >= 0.6 is 0 Å². The maximum atomic E-state index is 10.9. The summed E-state index contributed by atoms with van der Waals surface area (Å²) < 4.78 is 6.12. The minimum Gasteiger partial charge on any atom is -0.456 e. The number of nitro groups is 1. The van der Waals surface area contributed by atoms with E-state index in [0.717, 1.165) is 39.1 Å². The van der Waals surface area contributed by atoms with Gasteiger partial charge in [0, 0.05) is 12.1 Å². The maximum Gasteiger partial charge on any atom is 0.270 e. The van der Waals surface area contributed by atoms with Crippen molar-refractivity contribution in [2.45, 2.75) is 34.6 Å². The van der Waals surface area contributed by atoms with Crippen LogP contribution in [0, 0.1) is 37.8 Å². The van der Waals surface area contributed by atoms with Crippen LogP contribution in [-0.2, 0) is 0 Å². The van der Waals surface area contributed by atoms with Gasteiger partial charge in [0.1, 0.15) is 11.5 Å². The molecule has 2 aromatic rings. The Balaban J connectivity index is 2.48. The third kappa shape index (κ3) is 3.42. The Morgan fingerprint density at radius 2 is 1.35 bits per heavy atom. The van der Waals surface area contributed by atoms with E-state index in [1.165, 1.54) is 12.1 Å². The molecule has 0 heterocycles. The average Bonchev–Trinajstić information content (AvgIpc) is 2.44. The summed E-state index contributed by atoms with van der Waals surface area (Å²) in [5.74, 6) is 1.46. The number of hydrogen-bond acceptors (Lipinski definition) is 3. The van der Waals surface area contributed by atoms with Gasteiger partial charge in [0.15, 0.2) is 0 Å². The summed E-state index contributed by atoms with van der Waals surface area (Å²) >= 11 is 0. The number of rotatable bonds is 4. The van der Waals surface area contributed by atoms with Crippen LogP contribution in [0.5, 0.6) is 11.5 Å². The second-order valence-corrected chi connectivity index (χ2v) is 5.99. The van der Waals surface area contributed by atoms with Crippen LogP contribution in [0.15, 0.2) is 30.8 Å². The van der Waals surface area contributed by atoms with Crippen molar-refractivity contribution >= 4 is 11.3 Å². The smallest absolute Gasteiger partial charge is 0.270 e. The van der Waals surface area contributed by atoms with Gasteiger partial charge in [-0.05, 0) is 74.6 Å². The van der Waals surface area contributed by atoms with Crippen LogP contribution in [0.3, 0.4) is 0 Å². The number of benzene rings is 2. The zero-order valence-corrected chi connectivity index (χ0v) is 14.2. The van der Waals surface area contributed by atoms with Gasteiger partial charge in [-0.25, -0.2) is 0 Å². The van der Waals surface area contributed by atoms with Gasteiger partial charge in [-0.3, -0.25) is 10.1 Å². The summed E-state index contributed by atoms with van der Waals surface area (Å²) in [6, 6.07) is 7.16. The highest BCUT2D eigenvalue weighted by molar-refractivity contribution is 5.65. The molecule has 0 spiro atoms. The van der Waals surface area contributed by atoms with Crippen LogP contribution in [0.4, 0.5) is 5.69 Å². The normalized spacial score (nSPS) is 10.5. The molecule has 0 aliphatic rings. The Morgan fingerprint density at radius 3 is 1.70 bits per heavy atom. The van der Waals surface area contributed by atoms with Gasteiger partial charge in [0.05, 0.1) is 4.92 Å². The standard InChI is InChI=1S/C19H21NO3/c1-11(2)16-7-12(3)18(13(4)8-16)23-19-14(5)9-17(20(21)22)10-15(19)6/h7-10H,1H2,2-6H3. The van der Waals surface area contributed by atoms with Crippen molar-refractivity contribution in [3.05, 3.63) is 68.8 Å². The zero-order chi connectivity index (χ0) is 17.3. The molecule has 0 aliphatic heterocycles. The highest BCUT2D eigenvalue weighted by Crippen LogP contribution is 2.36. The van der Waals surface area contributed by atoms with E-state index in [4.69, 9.17) is 4.74 Å². The number of nitrogens with zero attached hydrogens (tertiary/aromatic N) is 1. The first-order valence-electron chi connectivity index (χ1n) is 7.41. The first kappa shape index (κ1) is 16.7. The number of hydrogen-bond donors (Lipinski definition) is 0. The largest absolute Gasteiger partial charge is 0.456 e. The van der Waals surface area contributed by atoms with E-state index >= 15 is 0 Å². The lowest BCUT2D eigenvalue weighted by atomic mass is 10.0. The van der Waals surface area contributed by atoms with Crippen molar-refractivity contribution < 1.29 is 9.66 Å². The van der Waals surface area contributed by atoms with Crippen LogP contribution in [-0.4, -0.2) is 4.92 Å². The summed E-state index contributed by atoms with van der Waals surface area (Å²) in [6.07, 6.45) is 0. The fraction of sp³-hybridized carbons (Fsp3) is 0.263. The summed E-state index contributed by atoms with van der Waals surface area (Å²) in [4.78, 5) is 10.6. The Kier molecular flexibility index (Phi) is 4.55. The highest BCUT2D eigenvalue weighted by atomic mass is 16.6. The number of allylic oxidation sites excluding steroid dienone is 1. The molecule has 0 saturated carbocycles. The molecular formula is C19H21NO3. The second kappa shape index (κ2) is 6.24. The van der Waals surface area contributed by atoms with Crippen molar-refractivity contribution in [3.8, 4) is 11.5 Å². The summed E-state index contributed by atoms with van der Waals surface area (Å²) in [5, 5.41) is 10.9. The van der Waals surface area contributed by atoms with Crippen LogP contribution < -0.4 is 4.74 Å². The molecule has 120 valence electrons. The Labute approximate surface area is 136 Å². The third-order valence-electron chi connectivity index (χ3n) is 3.81. The Morgan fingerprint density at radius 1 is 0.957 bits per heavy atom. The average molecular weight is 311 g/mol. The van der Waals surface area contributed by atoms with E-state index in [0.29, 0.717) is 5.75 Å². The van der Waals surface area contributed by atoms with Crippen molar-refractivity contribution in [3.63, 3.8) is 0 Å². The second-order valence-electron chi connectivity index (χ2n) is 5.99. The lowest BCUT2D eigenvalue weighted by Crippen LogP contribution is -1.98. The summed E-state index contributed by atoms with van der Waals surface area (Å²) in [7, 11) is 0. The Hall–Kier alpha value is -2.62. The maximum absolute atomic E-state index is 10.9. The van der Waals surface area contributed by atoms with Gasteiger partial charge < -0.3 is 4.74 Å². The number of aryl methyl sites for hydroxylation is 4. The van der Waals surface area contributed by atoms with Gasteiger partial charge in [-0.1, -0.05) is 12.2 Å². The molecule has 0 saturated heterocycles. The molecule has 0 bridgehead atoms. The van der Waals surface area contributed by atoms with Crippen molar-refractivity contribution in [2.24, 2.45) is 0 Å². The molecule has 4 nitrogen and oxygen atoms in total. The lowest BCUT2D eigenvalue weighted by Gasteiger charge is -2.17. The van der Waals surface area contributed by atoms with Gasteiger partial charge in [-0.15, -0.1) is 0 Å². The molecule has 4 heteroatoms. The molecule has 0 fully saturated rings. The first-order valence-corrected chi connectivity index (χ1v) is 7.41. The quantitative estimate of drug-likeness (QED) is 0.541. The van der Waals surface area contributed by atoms with E-state index in [-0.39, 0.29) is 10.6 Å². The van der Waals surface area contributed by atoms with Gasteiger partial charge in [0.25, 0.3) is 5.69 Å². The number of non-ortho nitro benzene ring substituents is 1. The monoisotopic (exact) mass is 311 g/mol. The summed E-state index contributed by atoms with van der Waals surface area (Å²) in [5.41, 5.74) is 5.70. The Bertz CT molecular complexity index is 693. The third-order valence-corrected chi connectivity index (χ3v) is 3.81. The van der Waals surface area contributed by atoms with E-state index < -0.39 is 0 Å².